The van der Waals surface area contributed by atoms with Gasteiger partial charge >= 0.3 is 0 Å². The maximum atomic E-state index is 12.9. The Morgan fingerprint density at radius 1 is 1.25 bits per heavy atom. The highest BCUT2D eigenvalue weighted by atomic mass is 35.5. The average molecular weight is 453 g/mol. The third-order valence-electron chi connectivity index (χ3n) is 4.30. The summed E-state index contributed by atoms with van der Waals surface area (Å²) in [5.41, 5.74) is 9.82. The molecule has 0 aliphatic carbocycles. The van der Waals surface area contributed by atoms with Crippen LogP contribution in [0.15, 0.2) is 58.3 Å². The number of hydrogen-bond acceptors (Lipinski definition) is 9. The number of aromatic nitrogens is 5. The van der Waals surface area contributed by atoms with Gasteiger partial charge in [0, 0.05) is 16.1 Å². The molecule has 3 N–H and O–H groups in total. The Morgan fingerprint density at radius 2 is 2.03 bits per heavy atom. The molecule has 2 aromatic heterocycles. The number of anilines is 1. The first-order chi connectivity index (χ1) is 15.6. The molecule has 0 unspecified atom stereocenters. The van der Waals surface area contributed by atoms with Gasteiger partial charge in [-0.2, -0.15) is 9.78 Å². The highest BCUT2D eigenvalue weighted by Crippen LogP contribution is 2.28. The van der Waals surface area contributed by atoms with E-state index in [1.165, 1.54) is 10.9 Å². The van der Waals surface area contributed by atoms with Gasteiger partial charge in [0.15, 0.2) is 5.69 Å². The third kappa shape index (κ3) is 4.27. The van der Waals surface area contributed by atoms with E-state index < -0.39 is 5.91 Å². The highest BCUT2D eigenvalue weighted by molar-refractivity contribution is 6.33. The molecular weight excluding hydrogens is 436 g/mol. The fraction of sp³-hybridized carbons (Fsp3) is 0.100. The number of amides is 1. The normalized spacial score (nSPS) is 11.1. The summed E-state index contributed by atoms with van der Waals surface area (Å²) >= 11 is 6.10. The summed E-state index contributed by atoms with van der Waals surface area (Å²) in [4.78, 5) is 12.9. The zero-order valence-corrected chi connectivity index (χ0v) is 17.5. The van der Waals surface area contributed by atoms with Gasteiger partial charge in [0.2, 0.25) is 11.6 Å². The average Bonchev–Trinajstić information content (AvgIpc) is 3.42. The molecule has 0 saturated carbocycles. The number of nitrogens with zero attached hydrogens (tertiary/aromatic N) is 6. The molecule has 11 nitrogen and oxygen atoms in total. The number of nitrogen functional groups attached to an aromatic ring is 1. The van der Waals surface area contributed by atoms with Crippen LogP contribution in [0.5, 0.6) is 5.75 Å². The summed E-state index contributed by atoms with van der Waals surface area (Å²) in [5.74, 6) is 0.164. The van der Waals surface area contributed by atoms with E-state index in [4.69, 9.17) is 22.1 Å². The van der Waals surface area contributed by atoms with Crippen LogP contribution in [0.4, 0.5) is 5.82 Å². The molecule has 0 aliphatic heterocycles. The van der Waals surface area contributed by atoms with Crippen molar-refractivity contribution in [1.29, 1.82) is 0 Å². The Morgan fingerprint density at radius 3 is 2.72 bits per heavy atom. The molecule has 0 saturated heterocycles. The van der Waals surface area contributed by atoms with Crippen molar-refractivity contribution in [2.45, 2.75) is 6.92 Å². The number of halogens is 1. The minimum absolute atomic E-state index is 0.00660. The Labute approximate surface area is 186 Å². The largest absolute Gasteiger partial charge is 0.494 e. The first kappa shape index (κ1) is 21.0. The molecular formula is C20H17ClN8O3. The van der Waals surface area contributed by atoms with Crippen molar-refractivity contribution in [1.82, 2.24) is 30.7 Å². The first-order valence-corrected chi connectivity index (χ1v) is 9.81. The summed E-state index contributed by atoms with van der Waals surface area (Å²) in [6.07, 6.45) is 1.43. The van der Waals surface area contributed by atoms with E-state index in [0.29, 0.717) is 34.2 Å². The topological polar surface area (TPSA) is 146 Å². The quantitative estimate of drug-likeness (QED) is 0.321. The summed E-state index contributed by atoms with van der Waals surface area (Å²) < 4.78 is 11.4. The molecule has 2 aromatic carbocycles. The number of nitrogens with two attached hydrogens (primary N) is 1. The summed E-state index contributed by atoms with van der Waals surface area (Å²) in [6.45, 7) is 2.41. The predicted molar refractivity (Wildman–Crippen MR) is 117 cm³/mol. The van der Waals surface area contributed by atoms with Crippen molar-refractivity contribution in [2.24, 2.45) is 5.10 Å². The highest BCUT2D eigenvalue weighted by Gasteiger charge is 2.25. The number of benzene rings is 2. The van der Waals surface area contributed by atoms with E-state index in [1.807, 2.05) is 6.92 Å². The van der Waals surface area contributed by atoms with Crippen LogP contribution in [0.2, 0.25) is 5.02 Å². The summed E-state index contributed by atoms with van der Waals surface area (Å²) in [6, 6.07) is 14.1. The Balaban J connectivity index is 1.69. The molecule has 4 rings (SSSR count). The standard InChI is InChI=1S/C20H17ClN8O3/c1-2-31-14-9-7-12(8-10-14)17-16(24-28-29(17)19-18(22)26-32-27-19)20(30)25-23-11-13-5-3-4-6-15(13)21/h3-11H,2H2,1H3,(H2,22,26)(H,25,30)/b23-11+. The lowest BCUT2D eigenvalue weighted by Crippen LogP contribution is -2.19. The van der Waals surface area contributed by atoms with Gasteiger partial charge in [0.05, 0.1) is 12.8 Å². The second-order valence-corrected chi connectivity index (χ2v) is 6.76. The van der Waals surface area contributed by atoms with Gasteiger partial charge in [-0.05, 0) is 47.6 Å². The van der Waals surface area contributed by atoms with Gasteiger partial charge in [-0.15, -0.1) is 5.10 Å². The van der Waals surface area contributed by atoms with Gasteiger partial charge < -0.3 is 10.5 Å². The van der Waals surface area contributed by atoms with Gasteiger partial charge in [-0.25, -0.2) is 10.1 Å². The van der Waals surface area contributed by atoms with E-state index >= 15 is 0 Å². The second-order valence-electron chi connectivity index (χ2n) is 6.35. The first-order valence-electron chi connectivity index (χ1n) is 9.43. The van der Waals surface area contributed by atoms with Crippen LogP contribution in [0, 0.1) is 0 Å². The van der Waals surface area contributed by atoms with Crippen molar-refractivity contribution in [3.63, 3.8) is 0 Å². The molecule has 0 spiro atoms. The monoisotopic (exact) mass is 452 g/mol. The van der Waals surface area contributed by atoms with E-state index in [-0.39, 0.29) is 17.3 Å². The van der Waals surface area contributed by atoms with Crippen LogP contribution < -0.4 is 15.9 Å². The second kappa shape index (κ2) is 9.27. The van der Waals surface area contributed by atoms with Crippen LogP contribution in [-0.2, 0) is 0 Å². The molecule has 0 fully saturated rings. The summed E-state index contributed by atoms with van der Waals surface area (Å²) in [5, 5.41) is 19.8. The number of carbonyl (C=O) groups excluding carboxylic acids is 1. The Bertz CT molecular complexity index is 1270. The van der Waals surface area contributed by atoms with Gasteiger partial charge in [-0.3, -0.25) is 4.79 Å². The third-order valence-corrected chi connectivity index (χ3v) is 4.64. The maximum Gasteiger partial charge on any atom is 0.294 e. The number of rotatable bonds is 7. The number of carbonyl (C=O) groups is 1. The molecule has 162 valence electrons. The smallest absolute Gasteiger partial charge is 0.294 e. The number of nitrogens with one attached hydrogen (secondary N) is 1. The predicted octanol–water partition coefficient (Wildman–Crippen LogP) is 2.72. The van der Waals surface area contributed by atoms with Crippen molar-refractivity contribution in [3.05, 3.63) is 64.8 Å². The zero-order chi connectivity index (χ0) is 22.5. The van der Waals surface area contributed by atoms with Crippen molar-refractivity contribution in [2.75, 3.05) is 12.3 Å². The Hall–Kier alpha value is -4.25. The van der Waals surface area contributed by atoms with Crippen LogP contribution >= 0.6 is 11.6 Å². The minimum Gasteiger partial charge on any atom is -0.494 e. The van der Waals surface area contributed by atoms with Gasteiger partial charge in [-0.1, -0.05) is 35.0 Å². The fourth-order valence-electron chi connectivity index (χ4n) is 2.85. The summed E-state index contributed by atoms with van der Waals surface area (Å²) in [7, 11) is 0. The molecule has 1 amide bonds. The number of hydrazone groups is 1. The molecule has 0 bridgehead atoms. The maximum absolute atomic E-state index is 12.9. The number of ether oxygens (including phenoxy) is 1. The van der Waals surface area contributed by atoms with Crippen molar-refractivity contribution < 1.29 is 14.2 Å². The molecule has 0 atom stereocenters. The lowest BCUT2D eigenvalue weighted by molar-refractivity contribution is 0.0950. The zero-order valence-electron chi connectivity index (χ0n) is 16.8. The van der Waals surface area contributed by atoms with Crippen LogP contribution in [-0.4, -0.2) is 44.0 Å². The van der Waals surface area contributed by atoms with Gasteiger partial charge in [0.25, 0.3) is 5.91 Å². The lowest BCUT2D eigenvalue weighted by Gasteiger charge is -2.07. The van der Waals surface area contributed by atoms with E-state index in [1.54, 1.807) is 48.5 Å². The minimum atomic E-state index is -0.599. The van der Waals surface area contributed by atoms with Crippen molar-refractivity contribution in [3.8, 4) is 22.8 Å². The fourth-order valence-corrected chi connectivity index (χ4v) is 3.03. The van der Waals surface area contributed by atoms with Gasteiger partial charge in [0.1, 0.15) is 11.4 Å². The lowest BCUT2D eigenvalue weighted by atomic mass is 10.1. The molecule has 12 heteroatoms. The molecule has 2 heterocycles. The van der Waals surface area contributed by atoms with Crippen LogP contribution in [0.1, 0.15) is 23.0 Å². The van der Waals surface area contributed by atoms with E-state index in [9.17, 15) is 4.79 Å². The SMILES string of the molecule is CCOc1ccc(-c2c(C(=O)N/N=C/c3ccccc3Cl)nnn2-c2nonc2N)cc1. The molecule has 32 heavy (non-hydrogen) atoms. The molecule has 0 radical (unpaired) electrons. The number of hydrogen-bond donors (Lipinski definition) is 2. The molecule has 4 aromatic rings. The van der Waals surface area contributed by atoms with E-state index in [0.717, 1.165) is 0 Å². The van der Waals surface area contributed by atoms with Crippen LogP contribution in [0.25, 0.3) is 17.1 Å². The van der Waals surface area contributed by atoms with Crippen LogP contribution in [0.3, 0.4) is 0 Å². The molecule has 0 aliphatic rings. The van der Waals surface area contributed by atoms with Crippen molar-refractivity contribution >= 4 is 29.5 Å². The van der Waals surface area contributed by atoms with E-state index in [2.05, 4.69) is 35.8 Å². The Kier molecular flexibility index (Phi) is 6.08.